The molecule has 3 aromatic carbocycles. The van der Waals surface area contributed by atoms with Gasteiger partial charge in [-0.3, -0.25) is 0 Å². The molecule has 3 rings (SSSR count). The monoisotopic (exact) mass is 381 g/mol. The summed E-state index contributed by atoms with van der Waals surface area (Å²) in [7, 11) is 0. The first-order chi connectivity index (χ1) is 8.00. The third kappa shape index (κ3) is 11.7. The molecular formula is C16H15Yb. The Hall–Kier alpha value is -0.561. The molecule has 0 spiro atoms. The normalized spacial score (nSPS) is 7.53. The van der Waals surface area contributed by atoms with E-state index in [1.54, 1.807) is 0 Å². The van der Waals surface area contributed by atoms with Crippen molar-refractivity contribution in [1.82, 2.24) is 0 Å². The van der Waals surface area contributed by atoms with E-state index in [0.29, 0.717) is 0 Å². The van der Waals surface area contributed by atoms with Gasteiger partial charge < -0.3 is 0 Å². The van der Waals surface area contributed by atoms with Crippen LogP contribution in [0, 0.1) is 53.0 Å². The number of benzene rings is 1. The van der Waals surface area contributed by atoms with Crippen molar-refractivity contribution in [2.24, 2.45) is 0 Å². The minimum Gasteiger partial charge on any atom is -0.214 e. The van der Waals surface area contributed by atoms with Gasteiger partial charge >= 0.3 is 46.9 Å². The van der Waals surface area contributed by atoms with Gasteiger partial charge in [0.15, 0.2) is 0 Å². The molecular weight excluding hydrogens is 365 g/mol. The van der Waals surface area contributed by atoms with Crippen LogP contribution in [0.15, 0.2) is 91.0 Å². The van der Waals surface area contributed by atoms with E-state index in [0.717, 1.165) is 0 Å². The minimum absolute atomic E-state index is 0. The Balaban J connectivity index is 0.000000221. The van der Waals surface area contributed by atoms with Crippen LogP contribution < -0.4 is 0 Å². The Morgan fingerprint density at radius 2 is 0.941 bits per heavy atom. The first kappa shape index (κ1) is 16.4. The van der Waals surface area contributed by atoms with Gasteiger partial charge in [0.2, 0.25) is 0 Å². The van der Waals surface area contributed by atoms with Crippen molar-refractivity contribution in [3.63, 3.8) is 0 Å². The predicted molar refractivity (Wildman–Crippen MR) is 69.3 cm³/mol. The van der Waals surface area contributed by atoms with Crippen LogP contribution >= 0.6 is 0 Å². The second-order valence-electron chi connectivity index (χ2n) is 3.00. The van der Waals surface area contributed by atoms with Crippen LogP contribution in [0.2, 0.25) is 0 Å². The second-order valence-corrected chi connectivity index (χ2v) is 3.00. The van der Waals surface area contributed by atoms with Gasteiger partial charge in [0.25, 0.3) is 0 Å². The molecule has 0 saturated heterocycles. The molecule has 0 aliphatic carbocycles. The largest absolute Gasteiger partial charge is 3.00 e. The van der Waals surface area contributed by atoms with E-state index in [1.165, 1.54) is 0 Å². The third-order valence-electron chi connectivity index (χ3n) is 1.72. The van der Waals surface area contributed by atoms with Crippen molar-refractivity contribution in [3.8, 4) is 0 Å². The summed E-state index contributed by atoms with van der Waals surface area (Å²) in [6, 6.07) is 32.5. The molecule has 17 heavy (non-hydrogen) atoms. The Labute approximate surface area is 142 Å². The maximum Gasteiger partial charge on any atom is 3.00 e. The van der Waals surface area contributed by atoms with Crippen LogP contribution in [0.25, 0.3) is 0 Å². The molecule has 1 radical (unpaired) electrons. The fourth-order valence-corrected chi connectivity index (χ4v) is 0.983. The zero-order chi connectivity index (χ0) is 11.3. The molecule has 1 heteroatoms. The van der Waals surface area contributed by atoms with Gasteiger partial charge in [-0.1, -0.05) is 0 Å². The van der Waals surface area contributed by atoms with Gasteiger partial charge in [0, 0.05) is 0 Å². The fraction of sp³-hybridized carbons (Fsp3) is 0. The summed E-state index contributed by atoms with van der Waals surface area (Å²) in [6.45, 7) is 0. The zero-order valence-electron chi connectivity index (χ0n) is 9.43. The Morgan fingerprint density at radius 3 is 1.06 bits per heavy atom. The van der Waals surface area contributed by atoms with Crippen molar-refractivity contribution < 1.29 is 46.9 Å². The van der Waals surface area contributed by atoms with Gasteiger partial charge in [-0.15, -0.1) is 0 Å². The SMILES string of the molecule is [Yb+3].[c-]1ccccc1.c1cc[cH-]c1.c1cc[cH-]c1. The summed E-state index contributed by atoms with van der Waals surface area (Å²) in [4.78, 5) is 0. The molecule has 93 valence electrons. The van der Waals surface area contributed by atoms with Crippen LogP contribution in [0.1, 0.15) is 0 Å². The first-order valence-electron chi connectivity index (χ1n) is 5.24. The molecule has 0 heterocycles. The topological polar surface area (TPSA) is 0 Å². The van der Waals surface area contributed by atoms with Gasteiger partial charge in [-0.2, -0.15) is 72.8 Å². The van der Waals surface area contributed by atoms with E-state index in [4.69, 9.17) is 0 Å². The summed E-state index contributed by atoms with van der Waals surface area (Å²) in [5.74, 6) is 0. The van der Waals surface area contributed by atoms with Crippen molar-refractivity contribution in [1.29, 1.82) is 0 Å². The number of hydrogen-bond donors (Lipinski definition) is 0. The zero-order valence-corrected chi connectivity index (χ0v) is 11.1. The molecule has 0 unspecified atom stereocenters. The van der Waals surface area contributed by atoms with Crippen LogP contribution in [-0.4, -0.2) is 0 Å². The van der Waals surface area contributed by atoms with E-state index in [1.807, 2.05) is 91.0 Å². The van der Waals surface area contributed by atoms with E-state index >= 15 is 0 Å². The van der Waals surface area contributed by atoms with Crippen LogP contribution in [-0.2, 0) is 0 Å². The summed E-state index contributed by atoms with van der Waals surface area (Å²) in [6.07, 6.45) is 0. The second kappa shape index (κ2) is 13.5. The minimum atomic E-state index is 0. The van der Waals surface area contributed by atoms with E-state index in [-0.39, 0.29) is 46.9 Å². The molecule has 0 aliphatic heterocycles. The van der Waals surface area contributed by atoms with Crippen LogP contribution in [0.4, 0.5) is 0 Å². The standard InChI is InChI=1S/C6H5.2C5H5.Yb/c1-2-4-6-5-3-1;2*1-2-4-5-3-1;/h1-5H;2*1-5H;/q3*-1;+3. The fourth-order valence-electron chi connectivity index (χ4n) is 0.983. The Kier molecular flexibility index (Phi) is 13.1. The van der Waals surface area contributed by atoms with Gasteiger partial charge in [0.1, 0.15) is 0 Å². The Bertz CT molecular complexity index is 297. The number of rotatable bonds is 0. The summed E-state index contributed by atoms with van der Waals surface area (Å²) in [5.41, 5.74) is 0. The van der Waals surface area contributed by atoms with Crippen LogP contribution in [0.5, 0.6) is 0 Å². The Morgan fingerprint density at radius 1 is 0.529 bits per heavy atom. The molecule has 3 aromatic rings. The maximum atomic E-state index is 2.89. The molecule has 0 saturated carbocycles. The molecule has 0 aliphatic rings. The van der Waals surface area contributed by atoms with Gasteiger partial charge in [0.05, 0.1) is 0 Å². The average Bonchev–Trinajstić information content (AvgIpc) is 3.10. The summed E-state index contributed by atoms with van der Waals surface area (Å²) >= 11 is 0. The van der Waals surface area contributed by atoms with E-state index in [2.05, 4.69) is 6.07 Å². The number of hydrogen-bond acceptors (Lipinski definition) is 0. The molecule has 0 amide bonds. The first-order valence-corrected chi connectivity index (χ1v) is 5.24. The third-order valence-corrected chi connectivity index (χ3v) is 1.72. The van der Waals surface area contributed by atoms with Crippen molar-refractivity contribution >= 4 is 0 Å². The van der Waals surface area contributed by atoms with Crippen LogP contribution in [0.3, 0.4) is 0 Å². The quantitative estimate of drug-likeness (QED) is 0.510. The van der Waals surface area contributed by atoms with E-state index in [9.17, 15) is 0 Å². The predicted octanol–water partition coefficient (Wildman–Crippen LogP) is 4.30. The van der Waals surface area contributed by atoms with Crippen molar-refractivity contribution in [2.75, 3.05) is 0 Å². The molecule has 0 N–H and O–H groups in total. The van der Waals surface area contributed by atoms with Crippen molar-refractivity contribution in [2.45, 2.75) is 0 Å². The maximum absolute atomic E-state index is 2.89. The molecule has 0 fully saturated rings. The van der Waals surface area contributed by atoms with E-state index < -0.39 is 0 Å². The smallest absolute Gasteiger partial charge is 0.214 e. The van der Waals surface area contributed by atoms with Gasteiger partial charge in [-0.25, -0.2) is 24.3 Å². The summed E-state index contributed by atoms with van der Waals surface area (Å²) < 4.78 is 0. The van der Waals surface area contributed by atoms with Gasteiger partial charge in [-0.05, 0) is 0 Å². The molecule has 0 atom stereocenters. The van der Waals surface area contributed by atoms with Crippen molar-refractivity contribution in [3.05, 3.63) is 97.1 Å². The molecule has 0 nitrogen and oxygen atoms in total. The molecule has 0 aromatic heterocycles. The average molecular weight is 380 g/mol. The molecule has 0 bridgehead atoms. The summed E-state index contributed by atoms with van der Waals surface area (Å²) in [5, 5.41) is 0.